The maximum atomic E-state index is 11.7. The highest BCUT2D eigenvalue weighted by Gasteiger charge is 2.22. The fraction of sp³-hybridized carbons (Fsp3) is 0.533. The summed E-state index contributed by atoms with van der Waals surface area (Å²) in [6.45, 7) is 0.342. The van der Waals surface area contributed by atoms with Crippen molar-refractivity contribution in [1.29, 1.82) is 0 Å². The molecule has 3 heteroatoms. The second-order valence-corrected chi connectivity index (χ2v) is 5.04. The summed E-state index contributed by atoms with van der Waals surface area (Å²) in [5, 5.41) is 9.55. The summed E-state index contributed by atoms with van der Waals surface area (Å²) in [5.74, 6) is 0.134. The van der Waals surface area contributed by atoms with Gasteiger partial charge in [0.05, 0.1) is 6.10 Å². The minimum atomic E-state index is -0.231. The van der Waals surface area contributed by atoms with Crippen molar-refractivity contribution in [3.63, 3.8) is 0 Å². The Morgan fingerprint density at radius 3 is 2.78 bits per heavy atom. The number of hydrogen-bond acceptors (Lipinski definition) is 3. The van der Waals surface area contributed by atoms with Crippen LogP contribution >= 0.6 is 0 Å². The first-order valence-electron chi connectivity index (χ1n) is 6.61. The first kappa shape index (κ1) is 13.1. The number of aliphatic hydroxyl groups is 1. The molecule has 1 N–H and O–H groups in total. The maximum absolute atomic E-state index is 11.7. The Morgan fingerprint density at radius 2 is 2.06 bits per heavy atom. The molecule has 0 unspecified atom stereocenters. The molecule has 0 amide bonds. The summed E-state index contributed by atoms with van der Waals surface area (Å²) in [6.07, 6.45) is 3.85. The average Bonchev–Trinajstić information content (AvgIpc) is 2.38. The van der Waals surface area contributed by atoms with E-state index in [1.807, 2.05) is 30.3 Å². The Kier molecular flexibility index (Phi) is 4.76. The van der Waals surface area contributed by atoms with Crippen LogP contribution in [0, 0.1) is 5.92 Å². The van der Waals surface area contributed by atoms with E-state index >= 15 is 0 Å². The monoisotopic (exact) mass is 248 g/mol. The zero-order valence-electron chi connectivity index (χ0n) is 10.5. The molecule has 0 aromatic heterocycles. The van der Waals surface area contributed by atoms with E-state index in [4.69, 9.17) is 4.74 Å². The predicted octanol–water partition coefficient (Wildman–Crippen LogP) is 2.67. The zero-order valence-corrected chi connectivity index (χ0v) is 10.5. The number of hydrogen-bond donors (Lipinski definition) is 1. The van der Waals surface area contributed by atoms with Crippen molar-refractivity contribution < 1.29 is 14.6 Å². The summed E-state index contributed by atoms with van der Waals surface area (Å²) >= 11 is 0. The zero-order chi connectivity index (χ0) is 12.8. The Balaban J connectivity index is 1.72. The summed E-state index contributed by atoms with van der Waals surface area (Å²) < 4.78 is 5.25. The summed E-state index contributed by atoms with van der Waals surface area (Å²) in [5.41, 5.74) is 1.01. The fourth-order valence-corrected chi connectivity index (χ4v) is 2.48. The third kappa shape index (κ3) is 4.15. The van der Waals surface area contributed by atoms with Gasteiger partial charge in [-0.2, -0.15) is 0 Å². The number of esters is 1. The molecule has 1 aliphatic carbocycles. The molecular weight excluding hydrogens is 228 g/mol. The van der Waals surface area contributed by atoms with E-state index in [2.05, 4.69) is 0 Å². The Morgan fingerprint density at radius 1 is 1.28 bits per heavy atom. The molecule has 1 aromatic rings. The normalized spacial score (nSPS) is 23.6. The minimum absolute atomic E-state index is 0.155. The van der Waals surface area contributed by atoms with Gasteiger partial charge in [0, 0.05) is 6.42 Å². The molecule has 0 saturated heterocycles. The Hall–Kier alpha value is -1.35. The van der Waals surface area contributed by atoms with Gasteiger partial charge in [0.1, 0.15) is 6.61 Å². The van der Waals surface area contributed by atoms with Gasteiger partial charge in [-0.3, -0.25) is 4.79 Å². The van der Waals surface area contributed by atoms with Crippen molar-refractivity contribution in [2.75, 3.05) is 0 Å². The standard InChI is InChI=1S/C15H20O3/c16-14-8-4-7-13(9-14)10-15(17)18-11-12-5-2-1-3-6-12/h1-3,5-6,13-14,16H,4,7-11H2/t13-,14-/m1/s1. The van der Waals surface area contributed by atoms with Crippen molar-refractivity contribution >= 4 is 5.97 Å². The van der Waals surface area contributed by atoms with Crippen LogP contribution in [0.1, 0.15) is 37.7 Å². The molecule has 0 spiro atoms. The van der Waals surface area contributed by atoms with Crippen LogP contribution in [0.5, 0.6) is 0 Å². The van der Waals surface area contributed by atoms with Crippen LogP contribution in [0.15, 0.2) is 30.3 Å². The third-order valence-corrected chi connectivity index (χ3v) is 3.45. The van der Waals surface area contributed by atoms with E-state index in [-0.39, 0.29) is 18.0 Å². The topological polar surface area (TPSA) is 46.5 Å². The predicted molar refractivity (Wildman–Crippen MR) is 68.8 cm³/mol. The molecule has 2 atom stereocenters. The molecule has 1 aromatic carbocycles. The molecule has 0 aliphatic heterocycles. The maximum Gasteiger partial charge on any atom is 0.306 e. The van der Waals surface area contributed by atoms with E-state index < -0.39 is 0 Å². The van der Waals surface area contributed by atoms with Crippen LogP contribution in [0.25, 0.3) is 0 Å². The van der Waals surface area contributed by atoms with Gasteiger partial charge < -0.3 is 9.84 Å². The van der Waals surface area contributed by atoms with Crippen LogP contribution in [-0.2, 0) is 16.1 Å². The smallest absolute Gasteiger partial charge is 0.306 e. The summed E-state index contributed by atoms with van der Waals surface area (Å²) in [4.78, 5) is 11.7. The second-order valence-electron chi connectivity index (χ2n) is 5.04. The highest BCUT2D eigenvalue weighted by atomic mass is 16.5. The molecule has 1 saturated carbocycles. The van der Waals surface area contributed by atoms with E-state index in [0.717, 1.165) is 31.2 Å². The Bertz CT molecular complexity index is 375. The van der Waals surface area contributed by atoms with Crippen LogP contribution in [-0.4, -0.2) is 17.2 Å². The SMILES string of the molecule is O=C(C[C@@H]1CCC[C@@H](O)C1)OCc1ccccc1. The van der Waals surface area contributed by atoms with Crippen LogP contribution in [0.4, 0.5) is 0 Å². The van der Waals surface area contributed by atoms with Gasteiger partial charge in [0.25, 0.3) is 0 Å². The van der Waals surface area contributed by atoms with Crippen molar-refractivity contribution in [3.8, 4) is 0 Å². The van der Waals surface area contributed by atoms with E-state index in [1.54, 1.807) is 0 Å². The molecule has 0 bridgehead atoms. The van der Waals surface area contributed by atoms with Crippen molar-refractivity contribution in [2.24, 2.45) is 5.92 Å². The van der Waals surface area contributed by atoms with Gasteiger partial charge in [-0.15, -0.1) is 0 Å². The number of carbonyl (C=O) groups excluding carboxylic acids is 1. The molecule has 0 heterocycles. The van der Waals surface area contributed by atoms with Gasteiger partial charge >= 0.3 is 5.97 Å². The van der Waals surface area contributed by atoms with Gasteiger partial charge in [-0.25, -0.2) is 0 Å². The molecule has 3 nitrogen and oxygen atoms in total. The summed E-state index contributed by atoms with van der Waals surface area (Å²) in [6, 6.07) is 9.69. The molecule has 1 fully saturated rings. The highest BCUT2D eigenvalue weighted by Crippen LogP contribution is 2.27. The first-order chi connectivity index (χ1) is 8.74. The molecule has 98 valence electrons. The highest BCUT2D eigenvalue weighted by molar-refractivity contribution is 5.69. The number of ether oxygens (including phenoxy) is 1. The molecule has 18 heavy (non-hydrogen) atoms. The van der Waals surface area contributed by atoms with Crippen molar-refractivity contribution in [3.05, 3.63) is 35.9 Å². The first-order valence-corrected chi connectivity index (χ1v) is 6.61. The molecule has 2 rings (SSSR count). The summed E-state index contributed by atoms with van der Waals surface area (Å²) in [7, 11) is 0. The van der Waals surface area contributed by atoms with Gasteiger partial charge in [0.2, 0.25) is 0 Å². The lowest BCUT2D eigenvalue weighted by Crippen LogP contribution is -2.22. The van der Waals surface area contributed by atoms with E-state index in [0.29, 0.717) is 13.0 Å². The van der Waals surface area contributed by atoms with Crippen LogP contribution in [0.3, 0.4) is 0 Å². The van der Waals surface area contributed by atoms with Crippen molar-refractivity contribution in [2.45, 2.75) is 44.8 Å². The lowest BCUT2D eigenvalue weighted by atomic mass is 9.85. The van der Waals surface area contributed by atoms with Crippen molar-refractivity contribution in [1.82, 2.24) is 0 Å². The van der Waals surface area contributed by atoms with E-state index in [9.17, 15) is 9.90 Å². The van der Waals surface area contributed by atoms with Gasteiger partial charge in [-0.05, 0) is 30.7 Å². The second kappa shape index (κ2) is 6.55. The number of benzene rings is 1. The molecule has 1 aliphatic rings. The molecular formula is C15H20O3. The van der Waals surface area contributed by atoms with E-state index in [1.165, 1.54) is 0 Å². The number of aliphatic hydroxyl groups excluding tert-OH is 1. The lowest BCUT2D eigenvalue weighted by molar-refractivity contribution is -0.146. The lowest BCUT2D eigenvalue weighted by Gasteiger charge is -2.24. The fourth-order valence-electron chi connectivity index (χ4n) is 2.48. The van der Waals surface area contributed by atoms with Crippen LogP contribution < -0.4 is 0 Å². The quantitative estimate of drug-likeness (QED) is 0.833. The van der Waals surface area contributed by atoms with Crippen LogP contribution in [0.2, 0.25) is 0 Å². The Labute approximate surface area is 108 Å². The third-order valence-electron chi connectivity index (χ3n) is 3.45. The molecule has 0 radical (unpaired) electrons. The van der Waals surface area contributed by atoms with Gasteiger partial charge in [-0.1, -0.05) is 36.8 Å². The average molecular weight is 248 g/mol. The van der Waals surface area contributed by atoms with Gasteiger partial charge in [0.15, 0.2) is 0 Å². The largest absolute Gasteiger partial charge is 0.461 e. The number of rotatable bonds is 4. The number of carbonyl (C=O) groups is 1. The minimum Gasteiger partial charge on any atom is -0.461 e.